The highest BCUT2D eigenvalue weighted by atomic mass is 15.1. The molecule has 0 N–H and O–H groups in total. The molecule has 35 heavy (non-hydrogen) atoms. The van der Waals surface area contributed by atoms with Gasteiger partial charge in [-0.1, -0.05) is 153 Å². The first-order chi connectivity index (χ1) is 17.3. The molecule has 2 unspecified atom stereocenters. The third kappa shape index (κ3) is 13.9. The maximum absolute atomic E-state index is 4.41. The number of hydrogen-bond donors (Lipinski definition) is 0. The molecule has 0 amide bonds. The summed E-state index contributed by atoms with van der Waals surface area (Å²) in [4.78, 5) is 4.41. The van der Waals surface area contributed by atoms with E-state index in [1.165, 1.54) is 134 Å². The molecule has 1 aromatic carbocycles. The number of rotatable bonds is 23. The second kappa shape index (κ2) is 20.6. The van der Waals surface area contributed by atoms with Crippen LogP contribution in [0.3, 0.4) is 0 Å². The molecule has 198 valence electrons. The van der Waals surface area contributed by atoms with Gasteiger partial charge in [-0.3, -0.25) is 0 Å². The van der Waals surface area contributed by atoms with Crippen LogP contribution in [0.5, 0.6) is 0 Å². The minimum Gasteiger partial charge on any atom is -0.334 e. The molecule has 0 aliphatic rings. The smallest absolute Gasteiger partial charge is 0.0948 e. The van der Waals surface area contributed by atoms with Crippen LogP contribution in [0.4, 0.5) is 0 Å². The zero-order valence-corrected chi connectivity index (χ0v) is 23.3. The van der Waals surface area contributed by atoms with E-state index < -0.39 is 0 Å². The summed E-state index contributed by atoms with van der Waals surface area (Å²) in [5, 5.41) is 0. The average molecular weight is 481 g/mol. The fourth-order valence-electron chi connectivity index (χ4n) is 5.65. The summed E-state index contributed by atoms with van der Waals surface area (Å²) in [6.45, 7) is 4.61. The van der Waals surface area contributed by atoms with Gasteiger partial charge in [-0.2, -0.15) is 0 Å². The van der Waals surface area contributed by atoms with Gasteiger partial charge in [0.05, 0.1) is 6.33 Å². The van der Waals surface area contributed by atoms with Crippen LogP contribution >= 0.6 is 0 Å². The first kappa shape index (κ1) is 29.7. The molecular formula is C33H56N2. The van der Waals surface area contributed by atoms with Gasteiger partial charge in [-0.25, -0.2) is 4.98 Å². The van der Waals surface area contributed by atoms with E-state index in [1.54, 1.807) is 0 Å². The van der Waals surface area contributed by atoms with Crippen molar-refractivity contribution < 1.29 is 0 Å². The summed E-state index contributed by atoms with van der Waals surface area (Å²) in [6, 6.07) is 11.8. The van der Waals surface area contributed by atoms with Crippen molar-refractivity contribution in [3.8, 4) is 0 Å². The first-order valence-corrected chi connectivity index (χ1v) is 15.4. The predicted octanol–water partition coefficient (Wildman–Crippen LogP) is 10.7. The van der Waals surface area contributed by atoms with Crippen LogP contribution < -0.4 is 0 Å². The van der Waals surface area contributed by atoms with Crippen molar-refractivity contribution in [2.24, 2.45) is 5.92 Å². The van der Waals surface area contributed by atoms with Gasteiger partial charge in [-0.15, -0.1) is 0 Å². The van der Waals surface area contributed by atoms with E-state index >= 15 is 0 Å². The van der Waals surface area contributed by atoms with Gasteiger partial charge in [0, 0.05) is 18.4 Å². The Balaban J connectivity index is 1.74. The van der Waals surface area contributed by atoms with E-state index in [2.05, 4.69) is 66.3 Å². The van der Waals surface area contributed by atoms with Crippen molar-refractivity contribution in [1.29, 1.82) is 0 Å². The van der Waals surface area contributed by atoms with Crippen molar-refractivity contribution in [2.45, 2.75) is 148 Å². The molecule has 1 aromatic heterocycles. The molecule has 0 bridgehead atoms. The Hall–Kier alpha value is -1.57. The molecule has 0 aliphatic carbocycles. The number of benzene rings is 1. The van der Waals surface area contributed by atoms with Gasteiger partial charge >= 0.3 is 0 Å². The Morgan fingerprint density at radius 3 is 1.69 bits per heavy atom. The minimum atomic E-state index is 0.576. The normalized spacial score (nSPS) is 13.2. The number of imidazole rings is 1. The lowest BCUT2D eigenvalue weighted by atomic mass is 9.84. The Kier molecular flexibility index (Phi) is 17.5. The van der Waals surface area contributed by atoms with Gasteiger partial charge in [0.2, 0.25) is 0 Å². The fraction of sp³-hybridized carbons (Fsp3) is 0.727. The van der Waals surface area contributed by atoms with Crippen LogP contribution in [-0.4, -0.2) is 9.55 Å². The first-order valence-electron chi connectivity index (χ1n) is 15.4. The molecular weight excluding hydrogens is 424 g/mol. The van der Waals surface area contributed by atoms with Crippen molar-refractivity contribution in [3.63, 3.8) is 0 Å². The zero-order valence-electron chi connectivity index (χ0n) is 23.3. The Morgan fingerprint density at radius 2 is 1.14 bits per heavy atom. The van der Waals surface area contributed by atoms with E-state index in [4.69, 9.17) is 0 Å². The summed E-state index contributed by atoms with van der Waals surface area (Å²) < 4.78 is 2.42. The summed E-state index contributed by atoms with van der Waals surface area (Å²) in [5.41, 5.74) is 1.49. The molecule has 0 fully saturated rings. The lowest BCUT2D eigenvalue weighted by molar-refractivity contribution is 0.275. The lowest BCUT2D eigenvalue weighted by Crippen LogP contribution is -2.21. The van der Waals surface area contributed by atoms with E-state index in [0.717, 1.165) is 0 Å². The highest BCUT2D eigenvalue weighted by molar-refractivity contribution is 5.15. The lowest BCUT2D eigenvalue weighted by Gasteiger charge is -2.29. The quantitative estimate of drug-likeness (QED) is 0.145. The molecule has 2 atom stereocenters. The number of nitrogens with zero attached hydrogens (tertiary/aromatic N) is 2. The van der Waals surface area contributed by atoms with Crippen molar-refractivity contribution in [1.82, 2.24) is 9.55 Å². The summed E-state index contributed by atoms with van der Waals surface area (Å²) in [5.74, 6) is 0.695. The van der Waals surface area contributed by atoms with E-state index in [-0.39, 0.29) is 0 Å². The van der Waals surface area contributed by atoms with E-state index in [0.29, 0.717) is 12.0 Å². The second-order valence-corrected chi connectivity index (χ2v) is 10.9. The molecule has 2 nitrogen and oxygen atoms in total. The monoisotopic (exact) mass is 480 g/mol. The van der Waals surface area contributed by atoms with Gasteiger partial charge in [0.25, 0.3) is 0 Å². The fourth-order valence-corrected chi connectivity index (χ4v) is 5.65. The van der Waals surface area contributed by atoms with E-state index in [9.17, 15) is 0 Å². The van der Waals surface area contributed by atoms with Crippen LogP contribution in [0.2, 0.25) is 0 Å². The number of hydrogen-bond acceptors (Lipinski definition) is 1. The Labute approximate surface area is 218 Å². The molecule has 0 radical (unpaired) electrons. The van der Waals surface area contributed by atoms with Gasteiger partial charge in [-0.05, 0) is 30.7 Å². The largest absolute Gasteiger partial charge is 0.334 e. The Morgan fingerprint density at radius 1 is 0.629 bits per heavy atom. The summed E-state index contributed by atoms with van der Waals surface area (Å²) in [6.07, 6.45) is 34.0. The summed E-state index contributed by atoms with van der Waals surface area (Å²) >= 11 is 0. The van der Waals surface area contributed by atoms with Crippen LogP contribution in [0, 0.1) is 5.92 Å². The maximum atomic E-state index is 4.41. The number of unbranched alkanes of at least 4 members (excludes halogenated alkanes) is 15. The van der Waals surface area contributed by atoms with Crippen molar-refractivity contribution >= 4 is 0 Å². The second-order valence-electron chi connectivity index (χ2n) is 10.9. The average Bonchev–Trinajstić information content (AvgIpc) is 3.41. The molecule has 0 spiro atoms. The molecule has 0 saturated carbocycles. The van der Waals surface area contributed by atoms with Crippen LogP contribution in [0.1, 0.15) is 147 Å². The van der Waals surface area contributed by atoms with E-state index in [1.807, 2.05) is 6.20 Å². The highest BCUT2D eigenvalue weighted by Crippen LogP contribution is 2.32. The topological polar surface area (TPSA) is 17.8 Å². The van der Waals surface area contributed by atoms with Crippen LogP contribution in [0.15, 0.2) is 49.1 Å². The summed E-state index contributed by atoms with van der Waals surface area (Å²) in [7, 11) is 0. The Bertz CT molecular complexity index is 678. The number of aromatic nitrogens is 2. The van der Waals surface area contributed by atoms with Crippen LogP contribution in [0.25, 0.3) is 0 Å². The van der Waals surface area contributed by atoms with Gasteiger partial charge in [0.1, 0.15) is 0 Å². The third-order valence-electron chi connectivity index (χ3n) is 7.82. The molecule has 2 rings (SSSR count). The molecule has 2 heteroatoms. The van der Waals surface area contributed by atoms with Gasteiger partial charge in [0.15, 0.2) is 0 Å². The highest BCUT2D eigenvalue weighted by Gasteiger charge is 2.22. The third-order valence-corrected chi connectivity index (χ3v) is 7.82. The minimum absolute atomic E-state index is 0.576. The molecule has 2 aromatic rings. The molecule has 0 saturated heterocycles. The predicted molar refractivity (Wildman–Crippen MR) is 154 cm³/mol. The molecule has 0 aliphatic heterocycles. The van der Waals surface area contributed by atoms with Crippen molar-refractivity contribution in [3.05, 3.63) is 54.6 Å². The zero-order chi connectivity index (χ0) is 24.8. The van der Waals surface area contributed by atoms with Crippen LogP contribution in [-0.2, 0) is 6.42 Å². The standard InChI is InChI=1S/C33H56N2/c1-3-5-7-9-10-11-12-13-14-15-16-17-21-25-32(29-31-23-19-18-20-24-31)33(26-22-8-6-4-2)35-28-27-34-30-35/h18-20,23-24,27-28,30,32-33H,3-17,21-22,25-26,29H2,1-2H3. The molecule has 1 heterocycles. The maximum Gasteiger partial charge on any atom is 0.0948 e. The van der Waals surface area contributed by atoms with Crippen molar-refractivity contribution in [2.75, 3.05) is 0 Å². The van der Waals surface area contributed by atoms with Gasteiger partial charge < -0.3 is 4.57 Å². The SMILES string of the molecule is CCCCCCCCCCCCCCCC(Cc1ccccc1)C(CCCCCC)n1ccnc1.